The first-order chi connectivity index (χ1) is 15.5. The fourth-order valence-electron chi connectivity index (χ4n) is 2.89. The Morgan fingerprint density at radius 3 is 1.94 bits per heavy atom. The molecule has 0 aliphatic carbocycles. The lowest BCUT2D eigenvalue weighted by atomic mass is 10.0. The monoisotopic (exact) mass is 484 g/mol. The van der Waals surface area contributed by atoms with Crippen LogP contribution in [0, 0.1) is 5.92 Å². The van der Waals surface area contributed by atoms with E-state index in [-0.39, 0.29) is 23.8 Å². The average Bonchev–Trinajstić information content (AvgIpc) is 2.75. The Bertz CT molecular complexity index is 819. The zero-order chi connectivity index (χ0) is 25.1. The standard InChI is InChI=1S/C21H32N4O7S/c1-11(2)7-14(22)18(28)23-15(8-12-3-5-13(27)6-4-12)19(29)25-17(10-33)20(30)24-16(9-26)21(31)32/h3-6,11,14-17,26-27,33H,7-10,22H2,1-2H3,(H,23,28)(H,24,30)(H,25,29)(H,31,32). The van der Waals surface area contributed by atoms with Crippen molar-refractivity contribution in [2.45, 2.75) is 50.9 Å². The minimum Gasteiger partial charge on any atom is -0.508 e. The van der Waals surface area contributed by atoms with E-state index in [1.54, 1.807) is 12.1 Å². The third-order valence-electron chi connectivity index (χ3n) is 4.68. The van der Waals surface area contributed by atoms with E-state index < -0.39 is 54.5 Å². The maximum atomic E-state index is 13.0. The fraction of sp³-hybridized carbons (Fsp3) is 0.524. The van der Waals surface area contributed by atoms with E-state index in [0.29, 0.717) is 12.0 Å². The lowest BCUT2D eigenvalue weighted by Gasteiger charge is -2.24. The van der Waals surface area contributed by atoms with Crippen LogP contribution in [0.1, 0.15) is 25.8 Å². The highest BCUT2D eigenvalue weighted by molar-refractivity contribution is 7.80. The molecule has 0 aromatic heterocycles. The van der Waals surface area contributed by atoms with Gasteiger partial charge in [0.1, 0.15) is 23.9 Å². The number of carbonyl (C=O) groups is 4. The second-order valence-corrected chi connectivity index (χ2v) is 8.36. The third kappa shape index (κ3) is 9.68. The number of hydrogen-bond acceptors (Lipinski definition) is 8. The Labute approximate surface area is 197 Å². The van der Waals surface area contributed by atoms with Gasteiger partial charge in [0.25, 0.3) is 0 Å². The van der Waals surface area contributed by atoms with Crippen LogP contribution in [-0.2, 0) is 25.6 Å². The van der Waals surface area contributed by atoms with Crippen molar-refractivity contribution in [2.24, 2.45) is 11.7 Å². The summed E-state index contributed by atoms with van der Waals surface area (Å²) in [5.41, 5.74) is 6.55. The lowest BCUT2D eigenvalue weighted by Crippen LogP contribution is -2.58. The molecule has 4 atom stereocenters. The summed E-state index contributed by atoms with van der Waals surface area (Å²) in [4.78, 5) is 48.9. The number of carboxylic acids is 1. The molecule has 0 saturated heterocycles. The number of nitrogens with one attached hydrogen (secondary N) is 3. The van der Waals surface area contributed by atoms with Crippen LogP contribution in [0.4, 0.5) is 0 Å². The number of rotatable bonds is 13. The van der Waals surface area contributed by atoms with Crippen molar-refractivity contribution in [3.05, 3.63) is 29.8 Å². The third-order valence-corrected chi connectivity index (χ3v) is 5.05. The van der Waals surface area contributed by atoms with E-state index in [9.17, 15) is 24.3 Å². The van der Waals surface area contributed by atoms with Crippen molar-refractivity contribution in [2.75, 3.05) is 12.4 Å². The summed E-state index contributed by atoms with van der Waals surface area (Å²) in [5.74, 6) is -3.52. The van der Waals surface area contributed by atoms with Gasteiger partial charge in [-0.3, -0.25) is 14.4 Å². The molecular weight excluding hydrogens is 452 g/mol. The van der Waals surface area contributed by atoms with Gasteiger partial charge in [-0.2, -0.15) is 12.6 Å². The number of thiol groups is 1. The minimum absolute atomic E-state index is 0.0337. The fourth-order valence-corrected chi connectivity index (χ4v) is 3.15. The van der Waals surface area contributed by atoms with E-state index in [0.717, 1.165) is 0 Å². The van der Waals surface area contributed by atoms with Crippen molar-refractivity contribution in [1.29, 1.82) is 0 Å². The van der Waals surface area contributed by atoms with Gasteiger partial charge in [0.2, 0.25) is 17.7 Å². The number of phenols is 1. The first-order valence-electron chi connectivity index (χ1n) is 10.4. The van der Waals surface area contributed by atoms with E-state index >= 15 is 0 Å². The van der Waals surface area contributed by atoms with Gasteiger partial charge in [-0.15, -0.1) is 0 Å². The van der Waals surface area contributed by atoms with Crippen molar-refractivity contribution in [3.63, 3.8) is 0 Å². The first-order valence-corrected chi connectivity index (χ1v) is 11.0. The van der Waals surface area contributed by atoms with E-state index in [1.165, 1.54) is 12.1 Å². The molecule has 33 heavy (non-hydrogen) atoms. The largest absolute Gasteiger partial charge is 0.508 e. The van der Waals surface area contributed by atoms with Crippen LogP contribution in [0.15, 0.2) is 24.3 Å². The number of aliphatic carboxylic acids is 1. The molecule has 1 aromatic rings. The van der Waals surface area contributed by atoms with Crippen molar-refractivity contribution >= 4 is 36.3 Å². The maximum Gasteiger partial charge on any atom is 0.328 e. The Hall–Kier alpha value is -2.83. The first kappa shape index (κ1) is 28.2. The highest BCUT2D eigenvalue weighted by Gasteiger charge is 2.29. The molecule has 1 aromatic carbocycles. The van der Waals surface area contributed by atoms with Gasteiger partial charge in [-0.05, 0) is 30.0 Å². The minimum atomic E-state index is -1.54. The zero-order valence-electron chi connectivity index (χ0n) is 18.5. The van der Waals surface area contributed by atoms with E-state index in [4.69, 9.17) is 15.9 Å². The number of hydrogen-bond donors (Lipinski definition) is 8. The number of carboxylic acid groups (broad SMARTS) is 1. The molecule has 8 N–H and O–H groups in total. The van der Waals surface area contributed by atoms with Crippen LogP contribution < -0.4 is 21.7 Å². The summed E-state index contributed by atoms with van der Waals surface area (Å²) in [6.07, 6.45) is 0.445. The second kappa shape index (κ2) is 13.7. The average molecular weight is 485 g/mol. The van der Waals surface area contributed by atoms with Gasteiger partial charge in [0, 0.05) is 12.2 Å². The Balaban J connectivity index is 3.00. The summed E-state index contributed by atoms with van der Waals surface area (Å²) < 4.78 is 0. The Morgan fingerprint density at radius 1 is 0.939 bits per heavy atom. The van der Waals surface area contributed by atoms with Gasteiger partial charge in [0.05, 0.1) is 12.6 Å². The molecule has 3 amide bonds. The van der Waals surface area contributed by atoms with E-state index in [1.807, 2.05) is 13.8 Å². The molecule has 11 nitrogen and oxygen atoms in total. The second-order valence-electron chi connectivity index (χ2n) is 7.99. The SMILES string of the molecule is CC(C)CC(N)C(=O)NC(Cc1ccc(O)cc1)C(=O)NC(CS)C(=O)NC(CO)C(=O)O. The maximum absolute atomic E-state index is 13.0. The van der Waals surface area contributed by atoms with Gasteiger partial charge in [-0.1, -0.05) is 26.0 Å². The predicted molar refractivity (Wildman–Crippen MR) is 124 cm³/mol. The molecule has 0 heterocycles. The van der Waals surface area contributed by atoms with Crippen molar-refractivity contribution in [3.8, 4) is 5.75 Å². The van der Waals surface area contributed by atoms with Crippen LogP contribution in [0.25, 0.3) is 0 Å². The molecule has 0 aliphatic heterocycles. The predicted octanol–water partition coefficient (Wildman–Crippen LogP) is -1.23. The zero-order valence-corrected chi connectivity index (χ0v) is 19.4. The van der Waals surface area contributed by atoms with Crippen LogP contribution in [-0.4, -0.2) is 75.5 Å². The number of aromatic hydroxyl groups is 1. The molecule has 12 heteroatoms. The van der Waals surface area contributed by atoms with Crippen LogP contribution >= 0.6 is 12.6 Å². The highest BCUT2D eigenvalue weighted by atomic mass is 32.1. The number of aliphatic hydroxyl groups is 1. The number of benzene rings is 1. The molecule has 0 aliphatic rings. The van der Waals surface area contributed by atoms with Crippen LogP contribution in [0.3, 0.4) is 0 Å². The molecule has 184 valence electrons. The molecular formula is C21H32N4O7S. The van der Waals surface area contributed by atoms with E-state index in [2.05, 4.69) is 28.6 Å². The number of phenolic OH excluding ortho intramolecular Hbond substituents is 1. The summed E-state index contributed by atoms with van der Waals surface area (Å²) in [7, 11) is 0. The molecule has 0 spiro atoms. The van der Waals surface area contributed by atoms with Gasteiger partial charge in [0.15, 0.2) is 0 Å². The molecule has 0 bridgehead atoms. The summed E-state index contributed by atoms with van der Waals surface area (Å²) in [6.45, 7) is 2.97. The number of aliphatic hydroxyl groups excluding tert-OH is 1. The highest BCUT2D eigenvalue weighted by Crippen LogP contribution is 2.12. The smallest absolute Gasteiger partial charge is 0.328 e. The number of carbonyl (C=O) groups excluding carboxylic acids is 3. The summed E-state index contributed by atoms with van der Waals surface area (Å²) >= 11 is 4.03. The summed E-state index contributed by atoms with van der Waals surface area (Å²) in [6, 6.07) is 1.31. The van der Waals surface area contributed by atoms with Crippen molar-refractivity contribution < 1.29 is 34.5 Å². The van der Waals surface area contributed by atoms with Gasteiger partial charge >= 0.3 is 5.97 Å². The van der Waals surface area contributed by atoms with Gasteiger partial charge < -0.3 is 37.0 Å². The molecule has 1 rings (SSSR count). The summed E-state index contributed by atoms with van der Waals surface area (Å²) in [5, 5.41) is 34.7. The molecule has 0 fully saturated rings. The molecule has 0 radical (unpaired) electrons. The Kier molecular flexibility index (Phi) is 11.7. The lowest BCUT2D eigenvalue weighted by molar-refractivity contribution is -0.143. The normalized spacial score (nSPS) is 14.6. The van der Waals surface area contributed by atoms with Crippen LogP contribution in [0.2, 0.25) is 0 Å². The quantitative estimate of drug-likeness (QED) is 0.160. The molecule has 4 unspecified atom stereocenters. The van der Waals surface area contributed by atoms with Gasteiger partial charge in [-0.25, -0.2) is 4.79 Å². The number of nitrogens with two attached hydrogens (primary N) is 1. The van der Waals surface area contributed by atoms with Crippen LogP contribution in [0.5, 0.6) is 5.75 Å². The number of amides is 3. The topological polar surface area (TPSA) is 191 Å². The molecule has 0 saturated carbocycles. The Morgan fingerprint density at radius 2 is 1.45 bits per heavy atom. The van der Waals surface area contributed by atoms with Crippen molar-refractivity contribution in [1.82, 2.24) is 16.0 Å².